The lowest BCUT2D eigenvalue weighted by atomic mass is 10.1. The zero-order valence-corrected chi connectivity index (χ0v) is 11.3. The van der Waals surface area contributed by atoms with Crippen molar-refractivity contribution < 1.29 is 4.39 Å². The van der Waals surface area contributed by atoms with Crippen LogP contribution in [0.15, 0.2) is 18.2 Å². The van der Waals surface area contributed by atoms with E-state index in [1.165, 1.54) is 0 Å². The first kappa shape index (κ1) is 14.1. The minimum Gasteiger partial charge on any atom is -0.313 e. The van der Waals surface area contributed by atoms with Crippen LogP contribution in [-0.4, -0.2) is 24.5 Å². The van der Waals surface area contributed by atoms with Gasteiger partial charge in [-0.2, -0.15) is 0 Å². The van der Waals surface area contributed by atoms with Gasteiger partial charge in [-0.15, -0.1) is 0 Å². The molecule has 0 radical (unpaired) electrons. The Morgan fingerprint density at radius 2 is 2.06 bits per heavy atom. The molecule has 1 rings (SSSR count). The Labute approximate surface area is 104 Å². The Kier molecular flexibility index (Phi) is 5.59. The molecule has 0 saturated carbocycles. The van der Waals surface area contributed by atoms with E-state index in [1.807, 2.05) is 19.2 Å². The van der Waals surface area contributed by atoms with E-state index in [2.05, 4.69) is 31.0 Å². The maximum Gasteiger partial charge on any atom is 0.127 e. The highest BCUT2D eigenvalue weighted by atomic mass is 19.1. The smallest absolute Gasteiger partial charge is 0.127 e. The third kappa shape index (κ3) is 4.44. The second-order valence-corrected chi connectivity index (χ2v) is 4.71. The summed E-state index contributed by atoms with van der Waals surface area (Å²) in [7, 11) is 2.01. The predicted molar refractivity (Wildman–Crippen MR) is 70.4 cm³/mol. The number of nitrogens with zero attached hydrogens (tertiary/aromatic N) is 1. The van der Waals surface area contributed by atoms with Gasteiger partial charge in [0.05, 0.1) is 0 Å². The summed E-state index contributed by atoms with van der Waals surface area (Å²) in [5.74, 6) is -0.113. The average Bonchev–Trinajstić information content (AvgIpc) is 2.29. The summed E-state index contributed by atoms with van der Waals surface area (Å²) in [6.07, 6.45) is 0. The first-order valence-electron chi connectivity index (χ1n) is 6.22. The number of hydrogen-bond acceptors (Lipinski definition) is 2. The van der Waals surface area contributed by atoms with Gasteiger partial charge in [-0.3, -0.25) is 4.90 Å². The minimum atomic E-state index is -0.113. The Morgan fingerprint density at radius 1 is 1.35 bits per heavy atom. The molecule has 0 aliphatic heterocycles. The third-order valence-corrected chi connectivity index (χ3v) is 2.99. The first-order chi connectivity index (χ1) is 8.04. The van der Waals surface area contributed by atoms with Gasteiger partial charge in [0.1, 0.15) is 5.82 Å². The van der Waals surface area contributed by atoms with E-state index < -0.39 is 0 Å². The van der Waals surface area contributed by atoms with Crippen LogP contribution in [0.2, 0.25) is 0 Å². The van der Waals surface area contributed by atoms with Crippen LogP contribution in [0.3, 0.4) is 0 Å². The standard InChI is InChI=1S/C14H23FN2/c1-5-16-9-12-6-7-14(15)13(8-12)10-17(4)11(2)3/h6-8,11,16H,5,9-10H2,1-4H3. The summed E-state index contributed by atoms with van der Waals surface area (Å²) < 4.78 is 13.7. The summed E-state index contributed by atoms with van der Waals surface area (Å²) in [4.78, 5) is 2.13. The molecule has 0 amide bonds. The highest BCUT2D eigenvalue weighted by Crippen LogP contribution is 2.13. The molecule has 2 nitrogen and oxygen atoms in total. The Balaban J connectivity index is 2.75. The van der Waals surface area contributed by atoms with E-state index in [-0.39, 0.29) is 5.82 Å². The molecule has 3 heteroatoms. The molecule has 96 valence electrons. The summed E-state index contributed by atoms with van der Waals surface area (Å²) in [6, 6.07) is 5.79. The van der Waals surface area contributed by atoms with Crippen molar-refractivity contribution >= 4 is 0 Å². The van der Waals surface area contributed by atoms with Crippen molar-refractivity contribution in [2.24, 2.45) is 0 Å². The van der Waals surface area contributed by atoms with E-state index in [4.69, 9.17) is 0 Å². The topological polar surface area (TPSA) is 15.3 Å². The maximum atomic E-state index is 13.7. The SMILES string of the molecule is CCNCc1ccc(F)c(CN(C)C(C)C)c1. The fourth-order valence-electron chi connectivity index (χ4n) is 1.58. The normalized spacial score (nSPS) is 11.5. The number of benzene rings is 1. The number of halogens is 1. The summed E-state index contributed by atoms with van der Waals surface area (Å²) >= 11 is 0. The number of rotatable bonds is 6. The lowest BCUT2D eigenvalue weighted by Gasteiger charge is -2.21. The maximum absolute atomic E-state index is 13.7. The monoisotopic (exact) mass is 238 g/mol. The molecule has 0 bridgehead atoms. The van der Waals surface area contributed by atoms with Gasteiger partial charge in [-0.25, -0.2) is 4.39 Å². The number of nitrogens with one attached hydrogen (secondary N) is 1. The van der Waals surface area contributed by atoms with Crippen molar-refractivity contribution in [1.29, 1.82) is 0 Å². The van der Waals surface area contributed by atoms with Crippen molar-refractivity contribution in [1.82, 2.24) is 10.2 Å². The van der Waals surface area contributed by atoms with Crippen molar-refractivity contribution in [2.75, 3.05) is 13.6 Å². The molecule has 0 heterocycles. The molecular formula is C14H23FN2. The van der Waals surface area contributed by atoms with E-state index >= 15 is 0 Å². The van der Waals surface area contributed by atoms with Gasteiger partial charge in [-0.1, -0.05) is 19.1 Å². The van der Waals surface area contributed by atoms with Crippen LogP contribution >= 0.6 is 0 Å². The van der Waals surface area contributed by atoms with Crippen molar-refractivity contribution in [3.05, 3.63) is 35.1 Å². The Bertz CT molecular complexity index is 350. The van der Waals surface area contributed by atoms with Gasteiger partial charge >= 0.3 is 0 Å². The Hall–Kier alpha value is -0.930. The van der Waals surface area contributed by atoms with Gasteiger partial charge in [0.25, 0.3) is 0 Å². The van der Waals surface area contributed by atoms with Crippen molar-refractivity contribution in [3.63, 3.8) is 0 Å². The molecule has 0 unspecified atom stereocenters. The highest BCUT2D eigenvalue weighted by molar-refractivity contribution is 5.25. The van der Waals surface area contributed by atoms with E-state index in [0.717, 1.165) is 24.2 Å². The molecule has 17 heavy (non-hydrogen) atoms. The van der Waals surface area contributed by atoms with Gasteiger partial charge in [0.2, 0.25) is 0 Å². The van der Waals surface area contributed by atoms with Crippen LogP contribution in [0.1, 0.15) is 31.9 Å². The fraction of sp³-hybridized carbons (Fsp3) is 0.571. The van der Waals surface area contributed by atoms with Crippen LogP contribution in [0.25, 0.3) is 0 Å². The Morgan fingerprint density at radius 3 is 2.65 bits per heavy atom. The quantitative estimate of drug-likeness (QED) is 0.820. The lowest BCUT2D eigenvalue weighted by Crippen LogP contribution is -2.26. The molecule has 0 fully saturated rings. The zero-order valence-electron chi connectivity index (χ0n) is 11.3. The van der Waals surface area contributed by atoms with Gasteiger partial charge < -0.3 is 5.32 Å². The lowest BCUT2D eigenvalue weighted by molar-refractivity contribution is 0.262. The van der Waals surface area contributed by atoms with E-state index in [1.54, 1.807) is 6.07 Å². The van der Waals surface area contributed by atoms with Crippen molar-refractivity contribution in [2.45, 2.75) is 39.9 Å². The zero-order chi connectivity index (χ0) is 12.8. The van der Waals surface area contributed by atoms with Crippen LogP contribution in [0, 0.1) is 5.82 Å². The second-order valence-electron chi connectivity index (χ2n) is 4.71. The molecule has 1 N–H and O–H groups in total. The molecule has 0 saturated heterocycles. The van der Waals surface area contributed by atoms with Crippen LogP contribution in [0.4, 0.5) is 4.39 Å². The van der Waals surface area contributed by atoms with E-state index in [0.29, 0.717) is 12.6 Å². The van der Waals surface area contributed by atoms with Crippen LogP contribution < -0.4 is 5.32 Å². The summed E-state index contributed by atoms with van der Waals surface area (Å²) in [6.45, 7) is 8.68. The molecule has 0 spiro atoms. The highest BCUT2D eigenvalue weighted by Gasteiger charge is 2.09. The summed E-state index contributed by atoms with van der Waals surface area (Å²) in [5, 5.41) is 3.25. The van der Waals surface area contributed by atoms with Gasteiger partial charge in [0.15, 0.2) is 0 Å². The largest absolute Gasteiger partial charge is 0.313 e. The predicted octanol–water partition coefficient (Wildman–Crippen LogP) is 2.78. The minimum absolute atomic E-state index is 0.113. The molecule has 0 aliphatic carbocycles. The van der Waals surface area contributed by atoms with Crippen molar-refractivity contribution in [3.8, 4) is 0 Å². The molecule has 0 aliphatic rings. The van der Waals surface area contributed by atoms with Gasteiger partial charge in [0, 0.05) is 24.7 Å². The van der Waals surface area contributed by atoms with Gasteiger partial charge in [-0.05, 0) is 39.1 Å². The average molecular weight is 238 g/mol. The second kappa shape index (κ2) is 6.72. The van der Waals surface area contributed by atoms with E-state index in [9.17, 15) is 4.39 Å². The number of hydrogen-bond donors (Lipinski definition) is 1. The third-order valence-electron chi connectivity index (χ3n) is 2.99. The fourth-order valence-corrected chi connectivity index (χ4v) is 1.58. The molecule has 1 aromatic carbocycles. The molecule has 0 aromatic heterocycles. The van der Waals surface area contributed by atoms with Crippen LogP contribution in [0.5, 0.6) is 0 Å². The summed E-state index contributed by atoms with van der Waals surface area (Å²) in [5.41, 5.74) is 1.91. The molecule has 1 aromatic rings. The molecular weight excluding hydrogens is 215 g/mol. The first-order valence-corrected chi connectivity index (χ1v) is 6.22. The van der Waals surface area contributed by atoms with Crippen LogP contribution in [-0.2, 0) is 13.1 Å². The molecule has 0 atom stereocenters.